The van der Waals surface area contributed by atoms with E-state index in [2.05, 4.69) is 78.2 Å². The second-order valence-corrected chi connectivity index (χ2v) is 7.08. The third-order valence-electron chi connectivity index (χ3n) is 5.05. The lowest BCUT2D eigenvalue weighted by atomic mass is 9.88. The number of hydrogen-bond acceptors (Lipinski definition) is 4. The summed E-state index contributed by atoms with van der Waals surface area (Å²) in [5.41, 5.74) is 4.09. The highest BCUT2D eigenvalue weighted by Gasteiger charge is 2.21. The molecule has 0 heterocycles. The van der Waals surface area contributed by atoms with E-state index in [1.54, 1.807) is 0 Å². The van der Waals surface area contributed by atoms with Crippen LogP contribution in [-0.4, -0.2) is 43.0 Å². The SMILES string of the molecule is CN(C)C(CNC(O)NC1CCc2ccccc2C1)c1ccccc1. The molecule has 3 N–H and O–H groups in total. The van der Waals surface area contributed by atoms with Crippen molar-refractivity contribution in [2.45, 2.75) is 37.7 Å². The van der Waals surface area contributed by atoms with Crippen LogP contribution in [0.25, 0.3) is 0 Å². The summed E-state index contributed by atoms with van der Waals surface area (Å²) in [6.45, 7) is 0.689. The Balaban J connectivity index is 1.51. The molecule has 0 saturated carbocycles. The van der Waals surface area contributed by atoms with Crippen molar-refractivity contribution in [2.24, 2.45) is 0 Å². The first kappa shape index (κ1) is 18.1. The third kappa shape index (κ3) is 4.89. The van der Waals surface area contributed by atoms with Crippen LogP contribution in [0.15, 0.2) is 54.6 Å². The maximum atomic E-state index is 10.4. The molecule has 0 aliphatic heterocycles. The van der Waals surface area contributed by atoms with E-state index >= 15 is 0 Å². The molecule has 3 atom stereocenters. The Morgan fingerprint density at radius 2 is 1.72 bits per heavy atom. The summed E-state index contributed by atoms with van der Waals surface area (Å²) in [5, 5.41) is 17.0. The molecule has 2 aromatic rings. The van der Waals surface area contributed by atoms with Crippen LogP contribution in [0.3, 0.4) is 0 Å². The molecule has 0 amide bonds. The van der Waals surface area contributed by atoms with Crippen molar-refractivity contribution in [3.05, 3.63) is 71.3 Å². The Hall–Kier alpha value is -1.72. The standard InChI is InChI=1S/C21H29N3O/c1-24(2)20(17-9-4-3-5-10-17)15-22-21(25)23-19-13-12-16-8-6-7-11-18(16)14-19/h3-11,19-23,25H,12-15H2,1-2H3. The molecule has 0 saturated heterocycles. The van der Waals surface area contributed by atoms with E-state index in [9.17, 15) is 5.11 Å². The van der Waals surface area contributed by atoms with Gasteiger partial charge in [0, 0.05) is 18.6 Å². The van der Waals surface area contributed by atoms with Crippen LogP contribution in [0.1, 0.15) is 29.2 Å². The molecule has 0 bridgehead atoms. The van der Waals surface area contributed by atoms with Crippen LogP contribution < -0.4 is 10.6 Å². The normalized spacial score (nSPS) is 19.4. The summed E-state index contributed by atoms with van der Waals surface area (Å²) in [4.78, 5) is 2.17. The lowest BCUT2D eigenvalue weighted by molar-refractivity contribution is 0.0773. The van der Waals surface area contributed by atoms with Gasteiger partial charge in [0.1, 0.15) is 0 Å². The van der Waals surface area contributed by atoms with E-state index in [1.165, 1.54) is 16.7 Å². The van der Waals surface area contributed by atoms with Gasteiger partial charge in [0.15, 0.2) is 6.35 Å². The fourth-order valence-electron chi connectivity index (χ4n) is 3.62. The van der Waals surface area contributed by atoms with Crippen LogP contribution >= 0.6 is 0 Å². The van der Waals surface area contributed by atoms with Crippen molar-refractivity contribution >= 4 is 0 Å². The zero-order valence-corrected chi connectivity index (χ0v) is 15.2. The van der Waals surface area contributed by atoms with Gasteiger partial charge in [-0.15, -0.1) is 0 Å². The van der Waals surface area contributed by atoms with Gasteiger partial charge in [0.25, 0.3) is 0 Å². The van der Waals surface area contributed by atoms with Crippen LogP contribution in [0, 0.1) is 0 Å². The van der Waals surface area contributed by atoms with Crippen molar-refractivity contribution in [1.29, 1.82) is 0 Å². The number of nitrogens with zero attached hydrogens (tertiary/aromatic N) is 1. The van der Waals surface area contributed by atoms with Gasteiger partial charge in [-0.1, -0.05) is 54.6 Å². The Morgan fingerprint density at radius 1 is 1.04 bits per heavy atom. The Bertz CT molecular complexity index is 659. The van der Waals surface area contributed by atoms with Crippen LogP contribution in [0.2, 0.25) is 0 Å². The first-order valence-electron chi connectivity index (χ1n) is 9.09. The second-order valence-electron chi connectivity index (χ2n) is 7.08. The number of nitrogens with one attached hydrogen (secondary N) is 2. The average molecular weight is 339 g/mol. The number of aryl methyl sites for hydroxylation is 1. The van der Waals surface area contributed by atoms with E-state index in [0.717, 1.165) is 19.3 Å². The molecule has 3 rings (SSSR count). The highest BCUT2D eigenvalue weighted by Crippen LogP contribution is 2.21. The van der Waals surface area contributed by atoms with E-state index in [0.29, 0.717) is 12.6 Å². The highest BCUT2D eigenvalue weighted by molar-refractivity contribution is 5.30. The minimum atomic E-state index is -0.693. The van der Waals surface area contributed by atoms with E-state index in [-0.39, 0.29) is 6.04 Å². The second kappa shape index (κ2) is 8.59. The summed E-state index contributed by atoms with van der Waals surface area (Å²) >= 11 is 0. The molecule has 0 spiro atoms. The number of rotatable bonds is 7. The van der Waals surface area contributed by atoms with Gasteiger partial charge in [-0.25, -0.2) is 0 Å². The minimum Gasteiger partial charge on any atom is -0.365 e. The number of likely N-dealkylation sites (N-methyl/N-ethyl adjacent to an activating group) is 1. The lowest BCUT2D eigenvalue weighted by Crippen LogP contribution is -2.50. The Labute approximate surface area is 150 Å². The number of aliphatic hydroxyl groups excluding tert-OH is 1. The highest BCUT2D eigenvalue weighted by atomic mass is 16.3. The monoisotopic (exact) mass is 339 g/mol. The molecule has 0 fully saturated rings. The van der Waals surface area contributed by atoms with Gasteiger partial charge < -0.3 is 10.0 Å². The summed E-state index contributed by atoms with van der Waals surface area (Å²) in [6.07, 6.45) is 2.42. The zero-order chi connectivity index (χ0) is 17.6. The molecular weight excluding hydrogens is 310 g/mol. The predicted octanol–water partition coefficient (Wildman–Crippen LogP) is 2.30. The van der Waals surface area contributed by atoms with Crippen molar-refractivity contribution in [3.63, 3.8) is 0 Å². The largest absolute Gasteiger partial charge is 0.365 e. The van der Waals surface area contributed by atoms with E-state index in [1.807, 2.05) is 6.07 Å². The smallest absolute Gasteiger partial charge is 0.160 e. The third-order valence-corrected chi connectivity index (χ3v) is 5.05. The average Bonchev–Trinajstić information content (AvgIpc) is 2.62. The molecule has 25 heavy (non-hydrogen) atoms. The molecule has 0 aromatic heterocycles. The molecule has 1 aliphatic carbocycles. The maximum absolute atomic E-state index is 10.4. The minimum absolute atomic E-state index is 0.227. The molecule has 3 unspecified atom stereocenters. The molecule has 4 heteroatoms. The molecule has 2 aromatic carbocycles. The lowest BCUT2D eigenvalue weighted by Gasteiger charge is -2.30. The van der Waals surface area contributed by atoms with Crippen molar-refractivity contribution in [3.8, 4) is 0 Å². The van der Waals surface area contributed by atoms with Crippen molar-refractivity contribution < 1.29 is 5.11 Å². The van der Waals surface area contributed by atoms with Crippen LogP contribution in [-0.2, 0) is 12.8 Å². The summed E-state index contributed by atoms with van der Waals surface area (Å²) in [7, 11) is 4.13. The zero-order valence-electron chi connectivity index (χ0n) is 15.2. The first-order chi connectivity index (χ1) is 12.1. The summed E-state index contributed by atoms with van der Waals surface area (Å²) in [5.74, 6) is 0. The predicted molar refractivity (Wildman–Crippen MR) is 102 cm³/mol. The quantitative estimate of drug-likeness (QED) is 0.678. The Morgan fingerprint density at radius 3 is 2.44 bits per heavy atom. The molecular formula is C21H29N3O. The van der Waals surface area contributed by atoms with Crippen LogP contribution in [0.4, 0.5) is 0 Å². The van der Waals surface area contributed by atoms with Gasteiger partial charge in [-0.05, 0) is 50.0 Å². The Kier molecular flexibility index (Phi) is 6.21. The van der Waals surface area contributed by atoms with Crippen molar-refractivity contribution in [1.82, 2.24) is 15.5 Å². The molecule has 1 aliphatic rings. The number of aliphatic hydroxyl groups is 1. The topological polar surface area (TPSA) is 47.5 Å². The summed E-state index contributed by atoms with van der Waals surface area (Å²) in [6, 6.07) is 19.5. The van der Waals surface area contributed by atoms with Crippen molar-refractivity contribution in [2.75, 3.05) is 20.6 Å². The number of fused-ring (bicyclic) bond motifs is 1. The van der Waals surface area contributed by atoms with E-state index in [4.69, 9.17) is 0 Å². The maximum Gasteiger partial charge on any atom is 0.160 e. The summed E-state index contributed by atoms with van der Waals surface area (Å²) < 4.78 is 0. The molecule has 4 nitrogen and oxygen atoms in total. The van der Waals surface area contributed by atoms with Gasteiger partial charge in [0.2, 0.25) is 0 Å². The first-order valence-corrected chi connectivity index (χ1v) is 9.09. The number of hydrogen-bond donors (Lipinski definition) is 3. The fourth-order valence-corrected chi connectivity index (χ4v) is 3.62. The van der Waals surface area contributed by atoms with Gasteiger partial charge in [0.05, 0.1) is 0 Å². The fraction of sp³-hybridized carbons (Fsp3) is 0.429. The van der Waals surface area contributed by atoms with Crippen LogP contribution in [0.5, 0.6) is 0 Å². The van der Waals surface area contributed by atoms with E-state index < -0.39 is 6.35 Å². The van der Waals surface area contributed by atoms with Gasteiger partial charge in [-0.3, -0.25) is 10.6 Å². The van der Waals surface area contributed by atoms with Gasteiger partial charge >= 0.3 is 0 Å². The molecule has 134 valence electrons. The number of benzene rings is 2. The van der Waals surface area contributed by atoms with Gasteiger partial charge in [-0.2, -0.15) is 0 Å². The molecule has 0 radical (unpaired) electrons.